The first-order chi connectivity index (χ1) is 18.0. The Morgan fingerprint density at radius 1 is 0.919 bits per heavy atom. The summed E-state index contributed by atoms with van der Waals surface area (Å²) in [5, 5.41) is 1.96. The summed E-state index contributed by atoms with van der Waals surface area (Å²) in [6.07, 6.45) is 1.64. The minimum atomic E-state index is -0.443. The number of halogens is 2. The molecular formula is C29H21ClFNO4S. The van der Waals surface area contributed by atoms with E-state index < -0.39 is 5.82 Å². The van der Waals surface area contributed by atoms with Crippen LogP contribution in [-0.4, -0.2) is 29.2 Å². The predicted molar refractivity (Wildman–Crippen MR) is 144 cm³/mol. The predicted octanol–water partition coefficient (Wildman–Crippen LogP) is 7.33. The topological polar surface area (TPSA) is 55.8 Å². The van der Waals surface area contributed by atoms with Crippen molar-refractivity contribution >= 4 is 51.4 Å². The second kappa shape index (κ2) is 11.1. The van der Waals surface area contributed by atoms with Gasteiger partial charge < -0.3 is 9.47 Å². The molecule has 0 atom stereocenters. The number of benzene rings is 4. The maximum Gasteiger partial charge on any atom is 0.293 e. The molecule has 0 aromatic heterocycles. The number of hydrogen-bond donors (Lipinski definition) is 0. The molecule has 1 fully saturated rings. The molecule has 186 valence electrons. The van der Waals surface area contributed by atoms with E-state index in [0.29, 0.717) is 22.0 Å². The summed E-state index contributed by atoms with van der Waals surface area (Å²) in [4.78, 5) is 26.9. The molecule has 1 aliphatic heterocycles. The van der Waals surface area contributed by atoms with Crippen LogP contribution in [0.25, 0.3) is 16.8 Å². The fraction of sp³-hybridized carbons (Fsp3) is 0.103. The van der Waals surface area contributed by atoms with Gasteiger partial charge in [-0.15, -0.1) is 0 Å². The highest BCUT2D eigenvalue weighted by Gasteiger charge is 2.34. The zero-order valence-electron chi connectivity index (χ0n) is 19.5. The summed E-state index contributed by atoms with van der Waals surface area (Å²) in [6.45, 7) is 0.279. The van der Waals surface area contributed by atoms with Crippen molar-refractivity contribution in [1.29, 1.82) is 0 Å². The molecule has 0 spiro atoms. The number of hydrogen-bond acceptors (Lipinski definition) is 5. The monoisotopic (exact) mass is 533 g/mol. The molecule has 1 aliphatic rings. The van der Waals surface area contributed by atoms with Crippen molar-refractivity contribution in [3.05, 3.63) is 112 Å². The van der Waals surface area contributed by atoms with Gasteiger partial charge in [0.2, 0.25) is 0 Å². The van der Waals surface area contributed by atoms with Crippen LogP contribution in [-0.2, 0) is 11.4 Å². The molecule has 4 aromatic carbocycles. The van der Waals surface area contributed by atoms with E-state index in [-0.39, 0.29) is 41.5 Å². The molecule has 0 N–H and O–H groups in total. The first-order valence-electron chi connectivity index (χ1n) is 11.5. The molecular weight excluding hydrogens is 513 g/mol. The Hall–Kier alpha value is -3.81. The van der Waals surface area contributed by atoms with Gasteiger partial charge in [0.1, 0.15) is 30.5 Å². The van der Waals surface area contributed by atoms with Gasteiger partial charge in [-0.1, -0.05) is 66.2 Å². The molecule has 5 nitrogen and oxygen atoms in total. The number of fused-ring (bicyclic) bond motifs is 1. The van der Waals surface area contributed by atoms with Crippen LogP contribution in [0.3, 0.4) is 0 Å². The van der Waals surface area contributed by atoms with Crippen molar-refractivity contribution in [1.82, 2.24) is 4.90 Å². The molecule has 0 aliphatic carbocycles. The van der Waals surface area contributed by atoms with Gasteiger partial charge in [-0.25, -0.2) is 4.39 Å². The molecule has 0 saturated carbocycles. The highest BCUT2D eigenvalue weighted by Crippen LogP contribution is 2.33. The second-order valence-electron chi connectivity index (χ2n) is 8.22. The molecule has 37 heavy (non-hydrogen) atoms. The highest BCUT2D eigenvalue weighted by molar-refractivity contribution is 8.18. The van der Waals surface area contributed by atoms with Gasteiger partial charge in [0, 0.05) is 10.9 Å². The number of amides is 2. The molecule has 4 aromatic rings. The van der Waals surface area contributed by atoms with Crippen LogP contribution in [0.2, 0.25) is 5.02 Å². The number of thioether (sulfide) groups is 1. The largest absolute Gasteiger partial charge is 0.491 e. The van der Waals surface area contributed by atoms with Crippen LogP contribution in [0.5, 0.6) is 11.5 Å². The SMILES string of the molecule is O=C1S/C(=C\c2cccc(OCc3c(F)cccc3Cl)c2)C(=O)N1CCOc1cccc2ccccc12. The summed E-state index contributed by atoms with van der Waals surface area (Å²) in [5.41, 5.74) is 0.941. The zero-order chi connectivity index (χ0) is 25.8. The quantitative estimate of drug-likeness (QED) is 0.222. The summed E-state index contributed by atoms with van der Waals surface area (Å²) in [6, 6.07) is 25.1. The Bertz CT molecular complexity index is 1500. The van der Waals surface area contributed by atoms with Crippen molar-refractivity contribution in [2.75, 3.05) is 13.2 Å². The van der Waals surface area contributed by atoms with Gasteiger partial charge >= 0.3 is 0 Å². The average molecular weight is 534 g/mol. The van der Waals surface area contributed by atoms with Crippen LogP contribution < -0.4 is 9.47 Å². The van der Waals surface area contributed by atoms with Gasteiger partial charge in [0.15, 0.2) is 0 Å². The van der Waals surface area contributed by atoms with Crippen molar-refractivity contribution < 1.29 is 23.5 Å². The van der Waals surface area contributed by atoms with Crippen LogP contribution in [0, 0.1) is 5.82 Å². The Morgan fingerprint density at radius 2 is 1.70 bits per heavy atom. The first kappa shape index (κ1) is 24.9. The summed E-state index contributed by atoms with van der Waals surface area (Å²) < 4.78 is 25.6. The van der Waals surface area contributed by atoms with E-state index in [0.717, 1.165) is 22.5 Å². The van der Waals surface area contributed by atoms with Gasteiger partial charge in [-0.3, -0.25) is 14.5 Å². The standard InChI is InChI=1S/C29H21ClFNO4S/c30-24-11-5-12-25(31)23(24)18-36-21-9-3-6-19(16-21)17-27-28(33)32(29(34)37-27)14-15-35-26-13-4-8-20-7-1-2-10-22(20)26/h1-13,16-17H,14-15,18H2/b27-17-. The molecule has 0 unspecified atom stereocenters. The number of carbonyl (C=O) groups is 2. The molecule has 1 saturated heterocycles. The van der Waals surface area contributed by atoms with E-state index in [4.69, 9.17) is 21.1 Å². The number of rotatable bonds is 8. The van der Waals surface area contributed by atoms with E-state index in [1.807, 2.05) is 42.5 Å². The van der Waals surface area contributed by atoms with Crippen molar-refractivity contribution in [2.45, 2.75) is 6.61 Å². The van der Waals surface area contributed by atoms with Crippen molar-refractivity contribution in [2.24, 2.45) is 0 Å². The smallest absolute Gasteiger partial charge is 0.293 e. The Morgan fingerprint density at radius 3 is 2.57 bits per heavy atom. The lowest BCUT2D eigenvalue weighted by Gasteiger charge is -2.14. The third kappa shape index (κ3) is 5.63. The molecule has 0 bridgehead atoms. The number of carbonyl (C=O) groups excluding carboxylic acids is 2. The molecule has 0 radical (unpaired) electrons. The lowest BCUT2D eigenvalue weighted by Crippen LogP contribution is -2.32. The maximum atomic E-state index is 14.0. The Labute approximate surface area is 222 Å². The third-order valence-electron chi connectivity index (χ3n) is 5.80. The van der Waals surface area contributed by atoms with E-state index in [1.54, 1.807) is 36.4 Å². The van der Waals surface area contributed by atoms with Crippen LogP contribution >= 0.6 is 23.4 Å². The van der Waals surface area contributed by atoms with Crippen LogP contribution in [0.4, 0.5) is 9.18 Å². The van der Waals surface area contributed by atoms with Gasteiger partial charge in [0.25, 0.3) is 11.1 Å². The van der Waals surface area contributed by atoms with E-state index in [2.05, 4.69) is 0 Å². The van der Waals surface area contributed by atoms with Gasteiger partial charge in [-0.05, 0) is 59.1 Å². The minimum Gasteiger partial charge on any atom is -0.491 e. The highest BCUT2D eigenvalue weighted by atomic mass is 35.5. The summed E-state index contributed by atoms with van der Waals surface area (Å²) in [7, 11) is 0. The van der Waals surface area contributed by atoms with Crippen molar-refractivity contribution in [3.8, 4) is 11.5 Å². The molecule has 1 heterocycles. The van der Waals surface area contributed by atoms with E-state index in [9.17, 15) is 14.0 Å². The maximum absolute atomic E-state index is 14.0. The molecule has 5 rings (SSSR count). The van der Waals surface area contributed by atoms with E-state index in [1.165, 1.54) is 17.0 Å². The second-order valence-corrected chi connectivity index (χ2v) is 9.62. The van der Waals surface area contributed by atoms with Crippen molar-refractivity contribution in [3.63, 3.8) is 0 Å². The van der Waals surface area contributed by atoms with Crippen LogP contribution in [0.15, 0.2) is 89.8 Å². The molecule has 2 amide bonds. The first-order valence-corrected chi connectivity index (χ1v) is 12.7. The lowest BCUT2D eigenvalue weighted by molar-refractivity contribution is -0.123. The van der Waals surface area contributed by atoms with Gasteiger partial charge in [0.05, 0.1) is 16.5 Å². The number of ether oxygens (including phenoxy) is 2. The Kier molecular flexibility index (Phi) is 7.44. The zero-order valence-corrected chi connectivity index (χ0v) is 21.1. The summed E-state index contributed by atoms with van der Waals surface area (Å²) in [5.74, 6) is 0.368. The van der Waals surface area contributed by atoms with Gasteiger partial charge in [-0.2, -0.15) is 0 Å². The fourth-order valence-electron chi connectivity index (χ4n) is 3.93. The third-order valence-corrected chi connectivity index (χ3v) is 7.06. The summed E-state index contributed by atoms with van der Waals surface area (Å²) >= 11 is 6.95. The van der Waals surface area contributed by atoms with Crippen LogP contribution in [0.1, 0.15) is 11.1 Å². The Balaban J connectivity index is 1.23. The minimum absolute atomic E-state index is 0.0395. The number of nitrogens with zero attached hydrogens (tertiary/aromatic N) is 1. The number of imide groups is 1. The normalized spacial score (nSPS) is 14.5. The average Bonchev–Trinajstić information content (AvgIpc) is 3.16. The fourth-order valence-corrected chi connectivity index (χ4v) is 5.02. The van der Waals surface area contributed by atoms with E-state index >= 15 is 0 Å². The lowest BCUT2D eigenvalue weighted by atomic mass is 10.1. The molecule has 8 heteroatoms.